The number of hydrogen-bond acceptors (Lipinski definition) is 3. The Morgan fingerprint density at radius 3 is 2.80 bits per heavy atom. The summed E-state index contributed by atoms with van der Waals surface area (Å²) in [4.78, 5) is 18.9. The van der Waals surface area contributed by atoms with Crippen molar-refractivity contribution in [3.05, 3.63) is 64.0 Å². The maximum atomic E-state index is 12.1. The molecule has 0 aliphatic rings. The number of aromatic nitrogens is 1. The van der Waals surface area contributed by atoms with Gasteiger partial charge in [0.05, 0.1) is 12.1 Å². The fraction of sp³-hybridized carbons (Fsp3) is 0.125. The van der Waals surface area contributed by atoms with E-state index in [9.17, 15) is 4.79 Å². The molecule has 0 saturated carbocycles. The topological polar surface area (TPSA) is 42.0 Å². The van der Waals surface area contributed by atoms with Crippen LogP contribution in [-0.4, -0.2) is 10.9 Å². The third kappa shape index (κ3) is 2.70. The maximum Gasteiger partial charge on any atom is 0.270 e. The molecule has 0 aliphatic heterocycles. The van der Waals surface area contributed by atoms with Gasteiger partial charge in [0.1, 0.15) is 5.69 Å². The molecule has 0 fully saturated rings. The molecule has 1 N–H and O–H groups in total. The molecule has 3 rings (SSSR count). The molecule has 20 heavy (non-hydrogen) atoms. The number of para-hydroxylation sites is 1. The third-order valence-corrected chi connectivity index (χ3v) is 4.05. The van der Waals surface area contributed by atoms with Crippen molar-refractivity contribution in [3.63, 3.8) is 0 Å². The molecule has 0 unspecified atom stereocenters. The van der Waals surface area contributed by atoms with E-state index in [1.165, 1.54) is 4.88 Å². The lowest BCUT2D eigenvalue weighted by Gasteiger charge is -2.04. The van der Waals surface area contributed by atoms with E-state index in [2.05, 4.69) is 23.3 Å². The summed E-state index contributed by atoms with van der Waals surface area (Å²) in [5.74, 6) is -0.137. The summed E-state index contributed by atoms with van der Waals surface area (Å²) in [6, 6.07) is 15.6. The first-order valence-corrected chi connectivity index (χ1v) is 7.23. The molecule has 0 aliphatic carbocycles. The third-order valence-electron chi connectivity index (χ3n) is 3.05. The lowest BCUT2D eigenvalue weighted by atomic mass is 10.2. The summed E-state index contributed by atoms with van der Waals surface area (Å²) in [6.45, 7) is 2.60. The molecule has 2 aromatic heterocycles. The molecule has 0 radical (unpaired) electrons. The Labute approximate surface area is 121 Å². The fourth-order valence-corrected chi connectivity index (χ4v) is 2.86. The van der Waals surface area contributed by atoms with E-state index < -0.39 is 0 Å². The summed E-state index contributed by atoms with van der Waals surface area (Å²) >= 11 is 1.69. The number of pyridine rings is 1. The first-order valence-electron chi connectivity index (χ1n) is 6.42. The Hall–Kier alpha value is -2.20. The molecule has 0 bridgehead atoms. The van der Waals surface area contributed by atoms with Gasteiger partial charge in [-0.3, -0.25) is 4.79 Å². The molecule has 0 spiro atoms. The van der Waals surface area contributed by atoms with Gasteiger partial charge in [-0.2, -0.15) is 0 Å². The van der Waals surface area contributed by atoms with Gasteiger partial charge in [0, 0.05) is 15.1 Å². The smallest absolute Gasteiger partial charge is 0.270 e. The van der Waals surface area contributed by atoms with Crippen molar-refractivity contribution in [3.8, 4) is 0 Å². The molecule has 1 amide bonds. The van der Waals surface area contributed by atoms with Gasteiger partial charge in [0.15, 0.2) is 0 Å². The van der Waals surface area contributed by atoms with Gasteiger partial charge in [-0.05, 0) is 31.2 Å². The lowest BCUT2D eigenvalue weighted by Crippen LogP contribution is -2.23. The van der Waals surface area contributed by atoms with Crippen LogP contribution >= 0.6 is 11.3 Å². The lowest BCUT2D eigenvalue weighted by molar-refractivity contribution is 0.0946. The zero-order valence-corrected chi connectivity index (χ0v) is 11.9. The minimum Gasteiger partial charge on any atom is -0.346 e. The standard InChI is InChI=1S/C16H14N2OS/c1-11-6-8-13(20-11)10-17-16(19)15-9-7-12-4-2-3-5-14(12)18-15/h2-9H,10H2,1H3,(H,17,19). The summed E-state index contributed by atoms with van der Waals surface area (Å²) in [7, 11) is 0. The van der Waals surface area contributed by atoms with Crippen LogP contribution in [-0.2, 0) is 6.54 Å². The van der Waals surface area contributed by atoms with Gasteiger partial charge >= 0.3 is 0 Å². The Morgan fingerprint density at radius 1 is 1.15 bits per heavy atom. The number of carbonyl (C=O) groups is 1. The monoisotopic (exact) mass is 282 g/mol. The average molecular weight is 282 g/mol. The van der Waals surface area contributed by atoms with Gasteiger partial charge in [-0.15, -0.1) is 11.3 Å². The van der Waals surface area contributed by atoms with Crippen molar-refractivity contribution < 1.29 is 4.79 Å². The number of fused-ring (bicyclic) bond motifs is 1. The van der Waals surface area contributed by atoms with E-state index in [-0.39, 0.29) is 5.91 Å². The number of hydrogen-bond donors (Lipinski definition) is 1. The van der Waals surface area contributed by atoms with Crippen molar-refractivity contribution in [2.24, 2.45) is 0 Å². The van der Waals surface area contributed by atoms with E-state index in [4.69, 9.17) is 0 Å². The van der Waals surface area contributed by atoms with Crippen LogP contribution < -0.4 is 5.32 Å². The van der Waals surface area contributed by atoms with Crippen LogP contribution in [0.15, 0.2) is 48.5 Å². The minimum absolute atomic E-state index is 0.137. The van der Waals surface area contributed by atoms with E-state index in [0.717, 1.165) is 15.8 Å². The zero-order chi connectivity index (χ0) is 13.9. The number of aryl methyl sites for hydroxylation is 1. The zero-order valence-electron chi connectivity index (χ0n) is 11.1. The summed E-state index contributed by atoms with van der Waals surface area (Å²) in [5.41, 5.74) is 1.30. The highest BCUT2D eigenvalue weighted by molar-refractivity contribution is 7.11. The van der Waals surface area contributed by atoms with E-state index >= 15 is 0 Å². The quantitative estimate of drug-likeness (QED) is 0.798. The van der Waals surface area contributed by atoms with Crippen LogP contribution in [0.4, 0.5) is 0 Å². The predicted molar refractivity (Wildman–Crippen MR) is 82.0 cm³/mol. The predicted octanol–water partition coefficient (Wildman–Crippen LogP) is 3.53. The number of carbonyl (C=O) groups excluding carboxylic acids is 1. The Kier molecular flexibility index (Phi) is 3.48. The summed E-state index contributed by atoms with van der Waals surface area (Å²) in [5, 5.41) is 3.94. The highest BCUT2D eigenvalue weighted by Crippen LogP contribution is 2.15. The first-order chi connectivity index (χ1) is 9.72. The molecule has 1 aromatic carbocycles. The van der Waals surface area contributed by atoms with Crippen molar-refractivity contribution in [2.75, 3.05) is 0 Å². The van der Waals surface area contributed by atoms with Crippen molar-refractivity contribution >= 4 is 28.1 Å². The van der Waals surface area contributed by atoms with Crippen molar-refractivity contribution in [1.82, 2.24) is 10.3 Å². The van der Waals surface area contributed by atoms with Crippen LogP contribution in [0.3, 0.4) is 0 Å². The molecule has 0 saturated heterocycles. The molecule has 2 heterocycles. The normalized spacial score (nSPS) is 10.7. The van der Waals surface area contributed by atoms with Crippen LogP contribution in [0.5, 0.6) is 0 Å². The summed E-state index contributed by atoms with van der Waals surface area (Å²) < 4.78 is 0. The maximum absolute atomic E-state index is 12.1. The number of nitrogens with one attached hydrogen (secondary N) is 1. The van der Waals surface area contributed by atoms with Crippen LogP contribution in [0, 0.1) is 6.92 Å². The second kappa shape index (κ2) is 5.43. The van der Waals surface area contributed by atoms with E-state index in [1.54, 1.807) is 17.4 Å². The minimum atomic E-state index is -0.137. The Morgan fingerprint density at radius 2 is 2.00 bits per heavy atom. The van der Waals surface area contributed by atoms with Gasteiger partial charge in [0.25, 0.3) is 5.91 Å². The van der Waals surface area contributed by atoms with E-state index in [1.807, 2.05) is 36.4 Å². The number of rotatable bonds is 3. The van der Waals surface area contributed by atoms with Gasteiger partial charge < -0.3 is 5.32 Å². The molecular weight excluding hydrogens is 268 g/mol. The van der Waals surface area contributed by atoms with Crippen LogP contribution in [0.2, 0.25) is 0 Å². The second-order valence-corrected chi connectivity index (χ2v) is 5.96. The van der Waals surface area contributed by atoms with E-state index in [0.29, 0.717) is 12.2 Å². The highest BCUT2D eigenvalue weighted by atomic mass is 32.1. The molecular formula is C16H14N2OS. The number of nitrogens with zero attached hydrogens (tertiary/aromatic N) is 1. The largest absolute Gasteiger partial charge is 0.346 e. The Bertz CT molecular complexity index is 764. The van der Waals surface area contributed by atoms with Crippen LogP contribution in [0.1, 0.15) is 20.2 Å². The van der Waals surface area contributed by atoms with Crippen molar-refractivity contribution in [1.29, 1.82) is 0 Å². The number of thiophene rings is 1. The molecule has 3 aromatic rings. The first kappa shape index (κ1) is 12.8. The molecule has 4 heteroatoms. The molecule has 100 valence electrons. The van der Waals surface area contributed by atoms with Crippen molar-refractivity contribution in [2.45, 2.75) is 13.5 Å². The Balaban J connectivity index is 1.75. The van der Waals surface area contributed by atoms with Gasteiger partial charge in [0.2, 0.25) is 0 Å². The van der Waals surface area contributed by atoms with Crippen LogP contribution in [0.25, 0.3) is 10.9 Å². The van der Waals surface area contributed by atoms with Gasteiger partial charge in [-0.1, -0.05) is 24.3 Å². The van der Waals surface area contributed by atoms with Gasteiger partial charge in [-0.25, -0.2) is 4.98 Å². The SMILES string of the molecule is Cc1ccc(CNC(=O)c2ccc3ccccc3n2)s1. The molecule has 0 atom stereocenters. The fourth-order valence-electron chi connectivity index (χ4n) is 2.03. The second-order valence-electron chi connectivity index (χ2n) is 4.58. The average Bonchev–Trinajstić information content (AvgIpc) is 2.90. The molecule has 3 nitrogen and oxygen atoms in total. The number of amides is 1. The summed E-state index contributed by atoms with van der Waals surface area (Å²) in [6.07, 6.45) is 0. The highest BCUT2D eigenvalue weighted by Gasteiger charge is 2.08. The number of benzene rings is 1.